The van der Waals surface area contributed by atoms with E-state index in [-0.39, 0.29) is 6.03 Å². The zero-order chi connectivity index (χ0) is 20.4. The van der Waals surface area contributed by atoms with Crippen LogP contribution in [0.1, 0.15) is 18.1 Å². The van der Waals surface area contributed by atoms with E-state index < -0.39 is 0 Å². The van der Waals surface area contributed by atoms with Crippen LogP contribution in [0.25, 0.3) is 10.2 Å². The molecule has 2 aromatic carbocycles. The molecule has 1 aliphatic heterocycles. The van der Waals surface area contributed by atoms with Crippen molar-refractivity contribution in [2.45, 2.75) is 20.8 Å². The van der Waals surface area contributed by atoms with Gasteiger partial charge in [0.05, 0.1) is 16.8 Å². The number of ether oxygens (including phenoxy) is 1. The van der Waals surface area contributed by atoms with E-state index in [1.165, 1.54) is 11.1 Å². The average molecular weight is 411 g/mol. The largest absolute Gasteiger partial charge is 0.494 e. The van der Waals surface area contributed by atoms with Crippen molar-refractivity contribution in [1.29, 1.82) is 0 Å². The van der Waals surface area contributed by atoms with Gasteiger partial charge < -0.3 is 19.9 Å². The number of aromatic nitrogens is 1. The Kier molecular flexibility index (Phi) is 5.58. The number of carbonyl (C=O) groups excluding carboxylic acids is 1. The van der Waals surface area contributed by atoms with Gasteiger partial charge in [-0.05, 0) is 62.2 Å². The third-order valence-corrected chi connectivity index (χ3v) is 6.33. The highest BCUT2D eigenvalue weighted by atomic mass is 32.1. The lowest BCUT2D eigenvalue weighted by Crippen LogP contribution is -2.50. The Bertz CT molecular complexity index is 1020. The molecule has 0 aliphatic carbocycles. The second kappa shape index (κ2) is 8.29. The molecular formula is C22H26N4O2S. The molecule has 2 heterocycles. The van der Waals surface area contributed by atoms with Gasteiger partial charge in [0.2, 0.25) is 0 Å². The molecule has 7 heteroatoms. The fraction of sp³-hybridized carbons (Fsp3) is 0.364. The van der Waals surface area contributed by atoms with Crippen molar-refractivity contribution >= 4 is 38.4 Å². The fourth-order valence-electron chi connectivity index (χ4n) is 3.41. The molecule has 0 unspecified atom stereocenters. The molecule has 152 valence electrons. The van der Waals surface area contributed by atoms with Gasteiger partial charge in [-0.1, -0.05) is 17.4 Å². The summed E-state index contributed by atoms with van der Waals surface area (Å²) in [6.07, 6.45) is 0. The SMILES string of the molecule is CCOc1ccc2nc(N3CCN(C(=O)Nc4ccc(C)c(C)c4)CC3)sc2c1. The first-order valence-electron chi connectivity index (χ1n) is 9.95. The molecule has 1 fully saturated rings. The number of aryl methyl sites for hydroxylation is 2. The average Bonchev–Trinajstić information content (AvgIpc) is 3.14. The molecule has 0 radical (unpaired) electrons. The van der Waals surface area contributed by atoms with E-state index >= 15 is 0 Å². The number of benzene rings is 2. The molecule has 29 heavy (non-hydrogen) atoms. The van der Waals surface area contributed by atoms with Crippen molar-refractivity contribution in [1.82, 2.24) is 9.88 Å². The minimum absolute atomic E-state index is 0.0430. The summed E-state index contributed by atoms with van der Waals surface area (Å²) in [5, 5.41) is 4.02. The van der Waals surface area contributed by atoms with Crippen molar-refractivity contribution in [3.05, 3.63) is 47.5 Å². The number of carbonyl (C=O) groups is 1. The van der Waals surface area contributed by atoms with Gasteiger partial charge in [-0.25, -0.2) is 9.78 Å². The van der Waals surface area contributed by atoms with Gasteiger partial charge in [0.15, 0.2) is 5.13 Å². The van der Waals surface area contributed by atoms with Crippen LogP contribution in [0.5, 0.6) is 5.75 Å². The summed E-state index contributed by atoms with van der Waals surface area (Å²) < 4.78 is 6.71. The maximum atomic E-state index is 12.6. The maximum absolute atomic E-state index is 12.6. The predicted octanol–water partition coefficient (Wildman–Crippen LogP) is 4.67. The predicted molar refractivity (Wildman–Crippen MR) is 120 cm³/mol. The number of anilines is 2. The number of thiazole rings is 1. The Morgan fingerprint density at radius 3 is 2.62 bits per heavy atom. The number of nitrogens with one attached hydrogen (secondary N) is 1. The first-order valence-corrected chi connectivity index (χ1v) is 10.8. The molecule has 4 rings (SSSR count). The lowest BCUT2D eigenvalue weighted by Gasteiger charge is -2.34. The summed E-state index contributed by atoms with van der Waals surface area (Å²) in [5.74, 6) is 0.878. The van der Waals surface area contributed by atoms with E-state index in [9.17, 15) is 4.79 Å². The summed E-state index contributed by atoms with van der Waals surface area (Å²) >= 11 is 1.67. The first kappa shape index (κ1) is 19.5. The van der Waals surface area contributed by atoms with Crippen molar-refractivity contribution in [2.75, 3.05) is 43.0 Å². The number of hydrogen-bond acceptors (Lipinski definition) is 5. The number of amides is 2. The quantitative estimate of drug-likeness (QED) is 0.679. The molecule has 0 saturated carbocycles. The van der Waals surface area contributed by atoms with Gasteiger partial charge in [-0.3, -0.25) is 0 Å². The van der Waals surface area contributed by atoms with Crippen LogP contribution in [0.2, 0.25) is 0 Å². The number of piperazine rings is 1. The first-order chi connectivity index (χ1) is 14.0. The van der Waals surface area contributed by atoms with Crippen LogP contribution < -0.4 is 15.0 Å². The van der Waals surface area contributed by atoms with Crippen molar-refractivity contribution in [3.8, 4) is 5.75 Å². The zero-order valence-corrected chi connectivity index (χ0v) is 17.9. The molecule has 0 atom stereocenters. The number of nitrogens with zero attached hydrogens (tertiary/aromatic N) is 3. The second-order valence-corrected chi connectivity index (χ2v) is 8.27. The topological polar surface area (TPSA) is 57.7 Å². The summed E-state index contributed by atoms with van der Waals surface area (Å²) in [4.78, 5) is 21.5. The molecule has 2 amide bonds. The van der Waals surface area contributed by atoms with E-state index in [1.54, 1.807) is 11.3 Å². The minimum Gasteiger partial charge on any atom is -0.494 e. The standard InChI is InChI=1S/C22H26N4O2S/c1-4-28-18-7-8-19-20(14-18)29-22(24-19)26-11-9-25(10-12-26)21(27)23-17-6-5-15(2)16(3)13-17/h5-8,13-14H,4,9-12H2,1-3H3,(H,23,27). The van der Waals surface area contributed by atoms with Crippen LogP contribution in [0.4, 0.5) is 15.6 Å². The summed E-state index contributed by atoms with van der Waals surface area (Å²) in [6, 6.07) is 12.0. The number of urea groups is 1. The molecule has 1 aliphatic rings. The number of hydrogen-bond donors (Lipinski definition) is 1. The van der Waals surface area contributed by atoms with Crippen LogP contribution in [0.3, 0.4) is 0 Å². The van der Waals surface area contributed by atoms with Gasteiger partial charge in [-0.15, -0.1) is 0 Å². The van der Waals surface area contributed by atoms with Gasteiger partial charge in [0.25, 0.3) is 0 Å². The minimum atomic E-state index is -0.0430. The van der Waals surface area contributed by atoms with E-state index in [1.807, 2.05) is 48.2 Å². The van der Waals surface area contributed by atoms with Gasteiger partial charge in [0.1, 0.15) is 5.75 Å². The molecule has 0 spiro atoms. The van der Waals surface area contributed by atoms with Crippen LogP contribution in [0, 0.1) is 13.8 Å². The number of rotatable bonds is 4. The molecule has 0 bridgehead atoms. The molecule has 3 aromatic rings. The lowest BCUT2D eigenvalue weighted by atomic mass is 10.1. The van der Waals surface area contributed by atoms with Crippen molar-refractivity contribution in [3.63, 3.8) is 0 Å². The molecule has 1 saturated heterocycles. The van der Waals surface area contributed by atoms with E-state index in [0.717, 1.165) is 39.9 Å². The Morgan fingerprint density at radius 1 is 1.10 bits per heavy atom. The van der Waals surface area contributed by atoms with Crippen LogP contribution in [-0.4, -0.2) is 48.7 Å². The maximum Gasteiger partial charge on any atom is 0.321 e. The summed E-state index contributed by atoms with van der Waals surface area (Å²) in [6.45, 7) is 9.67. The second-order valence-electron chi connectivity index (χ2n) is 7.26. The normalized spacial score (nSPS) is 14.3. The van der Waals surface area contributed by atoms with Crippen molar-refractivity contribution < 1.29 is 9.53 Å². The third kappa shape index (κ3) is 4.29. The fourth-order valence-corrected chi connectivity index (χ4v) is 4.45. The Hall–Kier alpha value is -2.80. The highest BCUT2D eigenvalue weighted by Gasteiger charge is 2.23. The smallest absolute Gasteiger partial charge is 0.321 e. The van der Waals surface area contributed by atoms with Gasteiger partial charge >= 0.3 is 6.03 Å². The molecule has 6 nitrogen and oxygen atoms in total. The van der Waals surface area contributed by atoms with Gasteiger partial charge in [-0.2, -0.15) is 0 Å². The van der Waals surface area contributed by atoms with E-state index in [0.29, 0.717) is 19.7 Å². The van der Waals surface area contributed by atoms with Crippen molar-refractivity contribution in [2.24, 2.45) is 0 Å². The number of fused-ring (bicyclic) bond motifs is 1. The van der Waals surface area contributed by atoms with Crippen LogP contribution >= 0.6 is 11.3 Å². The van der Waals surface area contributed by atoms with E-state index in [4.69, 9.17) is 9.72 Å². The van der Waals surface area contributed by atoms with Crippen LogP contribution in [-0.2, 0) is 0 Å². The Balaban J connectivity index is 1.38. The Morgan fingerprint density at radius 2 is 1.90 bits per heavy atom. The zero-order valence-electron chi connectivity index (χ0n) is 17.1. The third-order valence-electron chi connectivity index (χ3n) is 5.26. The van der Waals surface area contributed by atoms with Crippen LogP contribution in [0.15, 0.2) is 36.4 Å². The highest BCUT2D eigenvalue weighted by molar-refractivity contribution is 7.22. The molecular weight excluding hydrogens is 384 g/mol. The molecule has 1 aromatic heterocycles. The monoisotopic (exact) mass is 410 g/mol. The lowest BCUT2D eigenvalue weighted by molar-refractivity contribution is 0.208. The molecule has 1 N–H and O–H groups in total. The van der Waals surface area contributed by atoms with Gasteiger partial charge in [0, 0.05) is 31.9 Å². The summed E-state index contributed by atoms with van der Waals surface area (Å²) in [5.41, 5.74) is 4.23. The summed E-state index contributed by atoms with van der Waals surface area (Å²) in [7, 11) is 0. The van der Waals surface area contributed by atoms with E-state index in [2.05, 4.69) is 24.1 Å². The highest BCUT2D eigenvalue weighted by Crippen LogP contribution is 2.32. The Labute approximate surface area is 175 Å².